The molecule has 0 aliphatic carbocycles. The minimum atomic E-state index is -1.13. The van der Waals surface area contributed by atoms with Crippen LogP contribution in [0.15, 0.2) is 24.3 Å². The molecule has 1 aromatic rings. The molecule has 0 bridgehead atoms. The van der Waals surface area contributed by atoms with Gasteiger partial charge in [0.25, 0.3) is 11.8 Å². The molecule has 0 heterocycles. The van der Waals surface area contributed by atoms with E-state index in [9.17, 15) is 9.59 Å². The molecule has 0 aliphatic heterocycles. The second-order valence-corrected chi connectivity index (χ2v) is 6.37. The fourth-order valence-corrected chi connectivity index (χ4v) is 1.95. The maximum Gasteiger partial charge on any atom is 0.267 e. The number of carbonyl (C=O) groups is 2. The first-order valence-corrected chi connectivity index (χ1v) is 8.10. The zero-order valence-corrected chi connectivity index (χ0v) is 15.1. The predicted octanol–water partition coefficient (Wildman–Crippen LogP) is -0.874. The molecule has 8 nitrogen and oxygen atoms in total. The minimum absolute atomic E-state index is 0.129. The lowest BCUT2D eigenvalue weighted by molar-refractivity contribution is -0.132. The number of carbonyl (C=O) groups excluding carboxylic acids is 2. The minimum Gasteiger partial charge on any atom is -0.394 e. The first-order chi connectivity index (χ1) is 12.7. The van der Waals surface area contributed by atoms with Gasteiger partial charge in [0, 0.05) is 23.1 Å². The smallest absolute Gasteiger partial charge is 0.267 e. The molecule has 8 heteroatoms. The van der Waals surface area contributed by atoms with Crippen LogP contribution in [0.5, 0.6) is 0 Å². The van der Waals surface area contributed by atoms with Gasteiger partial charge in [0.15, 0.2) is 0 Å². The van der Waals surface area contributed by atoms with E-state index in [1.165, 1.54) is 17.6 Å². The Balaban J connectivity index is 2.78. The average molecular weight is 373 g/mol. The Morgan fingerprint density at radius 3 is 2.37 bits per heavy atom. The maximum absolute atomic E-state index is 12.3. The Hall–Kier alpha value is -2.88. The highest BCUT2D eigenvalue weighted by molar-refractivity contribution is 5.97. The topological polar surface area (TPSA) is 145 Å². The summed E-state index contributed by atoms with van der Waals surface area (Å²) < 4.78 is 0. The molecular formula is C19H23N3O5. The number of aliphatic hydroxyl groups is 2. The third kappa shape index (κ3) is 7.48. The highest BCUT2D eigenvalue weighted by atomic mass is 16.5. The molecule has 2 atom stereocenters. The largest absolute Gasteiger partial charge is 0.394 e. The molecule has 0 aromatic heterocycles. The number of hydrogen-bond acceptors (Lipinski definition) is 6. The van der Waals surface area contributed by atoms with Crippen molar-refractivity contribution in [3.63, 3.8) is 0 Å². The monoisotopic (exact) mass is 373 g/mol. The fourth-order valence-electron chi connectivity index (χ4n) is 1.95. The van der Waals surface area contributed by atoms with E-state index < -0.39 is 29.5 Å². The van der Waals surface area contributed by atoms with Crippen LogP contribution in [0.25, 0.3) is 0 Å². The number of aliphatic hydroxyl groups excluding tert-OH is 2. The summed E-state index contributed by atoms with van der Waals surface area (Å²) >= 11 is 0. The lowest BCUT2D eigenvalue weighted by Crippen LogP contribution is -2.61. The molecule has 1 unspecified atom stereocenters. The summed E-state index contributed by atoms with van der Waals surface area (Å²) in [4.78, 5) is 24.0. The van der Waals surface area contributed by atoms with Crippen molar-refractivity contribution in [1.29, 1.82) is 0 Å². The number of nitrogens with one attached hydrogen (secondary N) is 2. The Kier molecular flexibility index (Phi) is 8.46. The van der Waals surface area contributed by atoms with E-state index in [0.717, 1.165) is 0 Å². The van der Waals surface area contributed by atoms with Crippen LogP contribution < -0.4 is 16.5 Å². The van der Waals surface area contributed by atoms with Crippen molar-refractivity contribution in [3.05, 3.63) is 35.4 Å². The number of amides is 2. The number of benzene rings is 1. The molecule has 144 valence electrons. The van der Waals surface area contributed by atoms with E-state index in [-0.39, 0.29) is 18.6 Å². The third-order valence-electron chi connectivity index (χ3n) is 3.45. The van der Waals surface area contributed by atoms with Gasteiger partial charge in [0.1, 0.15) is 6.04 Å². The van der Waals surface area contributed by atoms with Crippen LogP contribution in [0.3, 0.4) is 0 Å². The molecule has 0 fully saturated rings. The van der Waals surface area contributed by atoms with Gasteiger partial charge in [0.05, 0.1) is 12.7 Å². The van der Waals surface area contributed by atoms with E-state index in [2.05, 4.69) is 29.0 Å². The SMILES string of the molecule is CC(C)(N)[C@H](NC(=O)c1ccc(C#CC#CCC(O)CO)cc1)C(=O)NO. The second-order valence-electron chi connectivity index (χ2n) is 6.37. The molecule has 1 aromatic carbocycles. The van der Waals surface area contributed by atoms with Crippen LogP contribution in [-0.2, 0) is 4.79 Å². The van der Waals surface area contributed by atoms with Gasteiger partial charge in [-0.3, -0.25) is 14.8 Å². The average Bonchev–Trinajstić information content (AvgIpc) is 2.64. The molecule has 1 rings (SSSR count). The lowest BCUT2D eigenvalue weighted by atomic mass is 9.95. The molecule has 0 radical (unpaired) electrons. The first kappa shape index (κ1) is 22.2. The molecule has 0 saturated carbocycles. The summed E-state index contributed by atoms with van der Waals surface area (Å²) in [5, 5.41) is 29.1. The van der Waals surface area contributed by atoms with Crippen molar-refractivity contribution >= 4 is 11.8 Å². The second kappa shape index (κ2) is 10.3. The quantitative estimate of drug-likeness (QED) is 0.217. The van der Waals surface area contributed by atoms with Crippen LogP contribution in [0.1, 0.15) is 36.2 Å². The van der Waals surface area contributed by atoms with Crippen LogP contribution in [0.4, 0.5) is 0 Å². The molecular weight excluding hydrogens is 350 g/mol. The molecule has 2 amide bonds. The van der Waals surface area contributed by atoms with E-state index in [0.29, 0.717) is 5.56 Å². The Labute approximate surface area is 157 Å². The van der Waals surface area contributed by atoms with E-state index in [4.69, 9.17) is 21.2 Å². The van der Waals surface area contributed by atoms with Crippen molar-refractivity contribution in [1.82, 2.24) is 10.8 Å². The first-order valence-electron chi connectivity index (χ1n) is 8.10. The van der Waals surface area contributed by atoms with Gasteiger partial charge in [-0.25, -0.2) is 5.48 Å². The van der Waals surface area contributed by atoms with Crippen LogP contribution >= 0.6 is 0 Å². The standard InChI is InChI=1S/C19H23N3O5/c1-19(2,20)16(18(26)22-27)21-17(25)14-10-8-13(9-11-14)6-4-3-5-7-15(24)12-23/h8-11,15-16,23-24,27H,7,12,20H2,1-2H3,(H,21,25)(H,22,26)/t15?,16-/m1/s1. The van der Waals surface area contributed by atoms with Gasteiger partial charge in [-0.05, 0) is 50.0 Å². The van der Waals surface area contributed by atoms with Gasteiger partial charge in [-0.15, -0.1) is 0 Å². The van der Waals surface area contributed by atoms with E-state index >= 15 is 0 Å². The number of hydroxylamine groups is 1. The van der Waals surface area contributed by atoms with Gasteiger partial charge in [-0.2, -0.15) is 0 Å². The van der Waals surface area contributed by atoms with Gasteiger partial charge in [0.2, 0.25) is 0 Å². The number of rotatable bonds is 6. The van der Waals surface area contributed by atoms with Crippen LogP contribution in [0, 0.1) is 23.7 Å². The highest BCUT2D eigenvalue weighted by Crippen LogP contribution is 2.08. The summed E-state index contributed by atoms with van der Waals surface area (Å²) in [6.45, 7) is 2.74. The molecule has 0 aliphatic rings. The van der Waals surface area contributed by atoms with Gasteiger partial charge < -0.3 is 21.3 Å². The molecule has 7 N–H and O–H groups in total. The zero-order valence-electron chi connectivity index (χ0n) is 15.1. The van der Waals surface area contributed by atoms with Gasteiger partial charge >= 0.3 is 0 Å². The molecule has 27 heavy (non-hydrogen) atoms. The normalized spacial score (nSPS) is 12.5. The predicted molar refractivity (Wildman–Crippen MR) is 98.3 cm³/mol. The van der Waals surface area contributed by atoms with E-state index in [1.807, 2.05) is 0 Å². The lowest BCUT2D eigenvalue weighted by Gasteiger charge is -2.29. The summed E-state index contributed by atoms with van der Waals surface area (Å²) in [5.74, 6) is 9.21. The summed E-state index contributed by atoms with van der Waals surface area (Å²) in [6.07, 6.45) is -0.753. The summed E-state index contributed by atoms with van der Waals surface area (Å²) in [6, 6.07) is 5.15. The van der Waals surface area contributed by atoms with Crippen molar-refractivity contribution in [2.24, 2.45) is 5.73 Å². The van der Waals surface area contributed by atoms with Crippen molar-refractivity contribution in [3.8, 4) is 23.7 Å². The summed E-state index contributed by atoms with van der Waals surface area (Å²) in [7, 11) is 0. The zero-order chi connectivity index (χ0) is 20.4. The van der Waals surface area contributed by atoms with Crippen LogP contribution in [0.2, 0.25) is 0 Å². The maximum atomic E-state index is 12.3. The van der Waals surface area contributed by atoms with Crippen molar-refractivity contribution in [2.75, 3.05) is 6.61 Å². The van der Waals surface area contributed by atoms with Crippen molar-refractivity contribution in [2.45, 2.75) is 38.0 Å². The Morgan fingerprint density at radius 2 is 1.85 bits per heavy atom. The highest BCUT2D eigenvalue weighted by Gasteiger charge is 2.33. The van der Waals surface area contributed by atoms with E-state index in [1.54, 1.807) is 26.0 Å². The number of hydrogen-bond donors (Lipinski definition) is 6. The third-order valence-corrected chi connectivity index (χ3v) is 3.45. The Bertz CT molecular complexity index is 776. The van der Waals surface area contributed by atoms with Crippen LogP contribution in [-0.4, -0.2) is 51.5 Å². The Morgan fingerprint density at radius 1 is 1.22 bits per heavy atom. The molecule has 0 spiro atoms. The summed E-state index contributed by atoms with van der Waals surface area (Å²) in [5.41, 5.74) is 7.17. The van der Waals surface area contributed by atoms with Crippen molar-refractivity contribution < 1.29 is 25.0 Å². The van der Waals surface area contributed by atoms with Gasteiger partial charge in [-0.1, -0.05) is 11.8 Å². The molecule has 0 saturated heterocycles. The number of nitrogens with two attached hydrogens (primary N) is 1. The fraction of sp³-hybridized carbons (Fsp3) is 0.368.